The highest BCUT2D eigenvalue weighted by molar-refractivity contribution is 6.32. The highest BCUT2D eigenvalue weighted by atomic mass is 16.5. The van der Waals surface area contributed by atoms with Crippen molar-refractivity contribution in [2.75, 3.05) is 7.11 Å². The van der Waals surface area contributed by atoms with E-state index in [-0.39, 0.29) is 17.7 Å². The van der Waals surface area contributed by atoms with Crippen molar-refractivity contribution in [1.82, 2.24) is 5.32 Å². The van der Waals surface area contributed by atoms with Gasteiger partial charge in [0.2, 0.25) is 0 Å². The maximum atomic E-state index is 11.0. The first-order valence-electron chi connectivity index (χ1n) is 4.26. The standard InChI is InChI=1S/C9H13NO5/c1-4-6(8(12)13)5(2)10-7(11)9(14)15-3/h4H2,1-3H3,(H,10,11)(H,12,13)/b6-5-. The molecule has 0 fully saturated rings. The zero-order valence-electron chi connectivity index (χ0n) is 8.79. The Bertz CT molecular complexity index is 318. The molecule has 6 heteroatoms. The van der Waals surface area contributed by atoms with Crippen molar-refractivity contribution in [3.05, 3.63) is 11.3 Å². The van der Waals surface area contributed by atoms with Crippen LogP contribution in [-0.4, -0.2) is 30.1 Å². The van der Waals surface area contributed by atoms with Crippen molar-refractivity contribution in [2.45, 2.75) is 20.3 Å². The monoisotopic (exact) mass is 215 g/mol. The predicted octanol–water partition coefficient (Wildman–Crippen LogP) is 0.0442. The van der Waals surface area contributed by atoms with E-state index < -0.39 is 17.8 Å². The molecule has 0 aliphatic heterocycles. The molecule has 15 heavy (non-hydrogen) atoms. The summed E-state index contributed by atoms with van der Waals surface area (Å²) in [6.07, 6.45) is 0.253. The molecule has 0 aromatic heterocycles. The number of aliphatic carboxylic acids is 1. The van der Waals surface area contributed by atoms with Gasteiger partial charge in [-0.1, -0.05) is 6.92 Å². The van der Waals surface area contributed by atoms with E-state index in [1.165, 1.54) is 6.92 Å². The molecule has 0 aromatic rings. The van der Waals surface area contributed by atoms with Gasteiger partial charge in [-0.3, -0.25) is 4.79 Å². The second kappa shape index (κ2) is 5.79. The molecule has 0 saturated heterocycles. The Hall–Kier alpha value is -1.85. The van der Waals surface area contributed by atoms with Crippen molar-refractivity contribution < 1.29 is 24.2 Å². The molecular weight excluding hydrogens is 202 g/mol. The summed E-state index contributed by atoms with van der Waals surface area (Å²) in [4.78, 5) is 32.4. The van der Waals surface area contributed by atoms with E-state index >= 15 is 0 Å². The number of nitrogens with one attached hydrogen (secondary N) is 1. The second-order valence-electron chi connectivity index (χ2n) is 2.71. The van der Waals surface area contributed by atoms with E-state index in [0.717, 1.165) is 7.11 Å². The van der Waals surface area contributed by atoms with Crippen molar-refractivity contribution >= 4 is 17.8 Å². The van der Waals surface area contributed by atoms with E-state index in [2.05, 4.69) is 10.1 Å². The van der Waals surface area contributed by atoms with Crippen LogP contribution in [-0.2, 0) is 19.1 Å². The quantitative estimate of drug-likeness (QED) is 0.394. The largest absolute Gasteiger partial charge is 0.478 e. The lowest BCUT2D eigenvalue weighted by Crippen LogP contribution is -2.31. The summed E-state index contributed by atoms with van der Waals surface area (Å²) >= 11 is 0. The molecule has 0 unspecified atom stereocenters. The molecule has 6 nitrogen and oxygen atoms in total. The Morgan fingerprint density at radius 2 is 1.87 bits per heavy atom. The fourth-order valence-electron chi connectivity index (χ4n) is 0.966. The van der Waals surface area contributed by atoms with E-state index in [4.69, 9.17) is 5.11 Å². The summed E-state index contributed by atoms with van der Waals surface area (Å²) in [5.74, 6) is -3.17. The van der Waals surface area contributed by atoms with Crippen molar-refractivity contribution in [2.24, 2.45) is 0 Å². The summed E-state index contributed by atoms with van der Waals surface area (Å²) < 4.78 is 4.17. The van der Waals surface area contributed by atoms with Gasteiger partial charge in [0, 0.05) is 5.70 Å². The Balaban J connectivity index is 4.72. The van der Waals surface area contributed by atoms with Crippen LogP contribution >= 0.6 is 0 Å². The lowest BCUT2D eigenvalue weighted by Gasteiger charge is -2.07. The molecule has 0 aliphatic carbocycles. The fourth-order valence-corrected chi connectivity index (χ4v) is 0.966. The van der Waals surface area contributed by atoms with Gasteiger partial charge in [0.1, 0.15) is 0 Å². The summed E-state index contributed by atoms with van der Waals surface area (Å²) in [5.41, 5.74) is 0.188. The zero-order chi connectivity index (χ0) is 12.0. The van der Waals surface area contributed by atoms with Gasteiger partial charge in [0.25, 0.3) is 0 Å². The number of ether oxygens (including phenoxy) is 1. The number of carboxylic acid groups (broad SMARTS) is 1. The number of carbonyl (C=O) groups is 3. The van der Waals surface area contributed by atoms with Crippen LogP contribution in [0.1, 0.15) is 20.3 Å². The molecule has 84 valence electrons. The molecular formula is C9H13NO5. The first kappa shape index (κ1) is 13.2. The Labute approximate surface area is 86.9 Å². The smallest absolute Gasteiger partial charge is 0.396 e. The average molecular weight is 215 g/mol. The summed E-state index contributed by atoms with van der Waals surface area (Å²) in [5, 5.41) is 10.9. The molecule has 0 bridgehead atoms. The number of hydrogen-bond acceptors (Lipinski definition) is 4. The topological polar surface area (TPSA) is 92.7 Å². The average Bonchev–Trinajstić information content (AvgIpc) is 2.16. The van der Waals surface area contributed by atoms with Crippen LogP contribution in [0.25, 0.3) is 0 Å². The number of methoxy groups -OCH3 is 1. The van der Waals surface area contributed by atoms with Crippen LogP contribution < -0.4 is 5.32 Å². The van der Waals surface area contributed by atoms with E-state index in [1.54, 1.807) is 6.92 Å². The number of hydrogen-bond donors (Lipinski definition) is 2. The Morgan fingerprint density at radius 1 is 1.33 bits per heavy atom. The SMILES string of the molecule is CC/C(C(=O)O)=C(\C)NC(=O)C(=O)OC. The first-order valence-corrected chi connectivity index (χ1v) is 4.26. The minimum absolute atomic E-state index is 0.0484. The van der Waals surface area contributed by atoms with Gasteiger partial charge < -0.3 is 15.2 Å². The second-order valence-corrected chi connectivity index (χ2v) is 2.71. The summed E-state index contributed by atoms with van der Waals surface area (Å²) in [6, 6.07) is 0. The van der Waals surface area contributed by atoms with Crippen LogP contribution in [0.5, 0.6) is 0 Å². The Morgan fingerprint density at radius 3 is 2.20 bits per heavy atom. The molecule has 0 spiro atoms. The summed E-state index contributed by atoms with van der Waals surface area (Å²) in [7, 11) is 1.07. The summed E-state index contributed by atoms with van der Waals surface area (Å²) in [6.45, 7) is 3.05. The third kappa shape index (κ3) is 3.80. The lowest BCUT2D eigenvalue weighted by atomic mass is 10.1. The zero-order valence-corrected chi connectivity index (χ0v) is 8.79. The highest BCUT2D eigenvalue weighted by Crippen LogP contribution is 2.05. The molecule has 1 amide bonds. The number of esters is 1. The fraction of sp³-hybridized carbons (Fsp3) is 0.444. The van der Waals surface area contributed by atoms with Crippen molar-refractivity contribution in [3.63, 3.8) is 0 Å². The molecule has 0 saturated carbocycles. The molecule has 0 rings (SSSR count). The van der Waals surface area contributed by atoms with E-state index in [1.807, 2.05) is 0 Å². The molecule has 0 atom stereocenters. The van der Waals surface area contributed by atoms with Gasteiger partial charge >= 0.3 is 17.8 Å². The molecule has 0 heterocycles. The van der Waals surface area contributed by atoms with E-state index in [9.17, 15) is 14.4 Å². The first-order chi connectivity index (χ1) is 6.93. The van der Waals surface area contributed by atoms with Gasteiger partial charge in [0.05, 0.1) is 12.7 Å². The molecule has 2 N–H and O–H groups in total. The predicted molar refractivity (Wildman–Crippen MR) is 50.8 cm³/mol. The van der Waals surface area contributed by atoms with Crippen LogP contribution in [0.4, 0.5) is 0 Å². The lowest BCUT2D eigenvalue weighted by molar-refractivity contribution is -0.152. The third-order valence-corrected chi connectivity index (χ3v) is 1.74. The highest BCUT2D eigenvalue weighted by Gasteiger charge is 2.16. The number of allylic oxidation sites excluding steroid dienone is 1. The van der Waals surface area contributed by atoms with Crippen LogP contribution in [0.3, 0.4) is 0 Å². The van der Waals surface area contributed by atoms with Crippen LogP contribution in [0.15, 0.2) is 11.3 Å². The molecule has 0 aliphatic rings. The van der Waals surface area contributed by atoms with Gasteiger partial charge in [-0.25, -0.2) is 9.59 Å². The van der Waals surface area contributed by atoms with Gasteiger partial charge in [-0.05, 0) is 13.3 Å². The number of carboxylic acids is 1. The van der Waals surface area contributed by atoms with Crippen molar-refractivity contribution in [3.8, 4) is 0 Å². The van der Waals surface area contributed by atoms with Crippen LogP contribution in [0.2, 0.25) is 0 Å². The maximum absolute atomic E-state index is 11.0. The minimum atomic E-state index is -1.12. The Kier molecular flexibility index (Phi) is 5.08. The van der Waals surface area contributed by atoms with E-state index in [0.29, 0.717) is 0 Å². The van der Waals surface area contributed by atoms with Gasteiger partial charge in [-0.15, -0.1) is 0 Å². The maximum Gasteiger partial charge on any atom is 0.396 e. The minimum Gasteiger partial charge on any atom is -0.478 e. The number of amides is 1. The normalized spacial score (nSPS) is 11.4. The van der Waals surface area contributed by atoms with Gasteiger partial charge in [-0.2, -0.15) is 0 Å². The third-order valence-electron chi connectivity index (χ3n) is 1.74. The molecule has 0 radical (unpaired) electrons. The molecule has 0 aromatic carbocycles. The van der Waals surface area contributed by atoms with Crippen LogP contribution in [0, 0.1) is 0 Å². The number of rotatable bonds is 3. The van der Waals surface area contributed by atoms with Gasteiger partial charge in [0.15, 0.2) is 0 Å². The number of carbonyl (C=O) groups excluding carboxylic acids is 2. The van der Waals surface area contributed by atoms with Crippen molar-refractivity contribution in [1.29, 1.82) is 0 Å².